The average molecular weight is 452 g/mol. The fraction of sp³-hybridized carbons (Fsp3) is 0.565. The van der Waals surface area contributed by atoms with Crippen LogP contribution in [0.25, 0.3) is 22.6 Å². The van der Waals surface area contributed by atoms with Crippen molar-refractivity contribution in [3.05, 3.63) is 24.5 Å². The molecule has 1 N–H and O–H groups in total. The summed E-state index contributed by atoms with van der Waals surface area (Å²) >= 11 is 0. The molecule has 0 spiro atoms. The van der Waals surface area contributed by atoms with Crippen molar-refractivity contribution in [1.29, 1.82) is 0 Å². The van der Waals surface area contributed by atoms with Crippen LogP contribution in [0.4, 0.5) is 5.82 Å². The second kappa shape index (κ2) is 9.38. The Balaban J connectivity index is 1.65. The number of carbonyl (C=O) groups is 1. The zero-order valence-corrected chi connectivity index (χ0v) is 20.3. The van der Waals surface area contributed by atoms with Crippen LogP contribution in [0.2, 0.25) is 0 Å². The summed E-state index contributed by atoms with van der Waals surface area (Å²) in [5.41, 5.74) is 2.17. The normalized spacial score (nSPS) is 20.2. The van der Waals surface area contributed by atoms with Crippen molar-refractivity contribution < 1.29 is 4.79 Å². The third-order valence-corrected chi connectivity index (χ3v) is 6.58. The molecule has 0 bridgehead atoms. The molecule has 1 aliphatic heterocycles. The Labute approximate surface area is 194 Å². The molecule has 1 fully saturated rings. The van der Waals surface area contributed by atoms with Gasteiger partial charge >= 0.3 is 0 Å². The predicted molar refractivity (Wildman–Crippen MR) is 128 cm³/mol. The van der Waals surface area contributed by atoms with E-state index in [1.807, 2.05) is 30.2 Å². The zero-order valence-electron chi connectivity index (χ0n) is 20.3. The van der Waals surface area contributed by atoms with Crippen LogP contribution in [-0.4, -0.2) is 83.5 Å². The van der Waals surface area contributed by atoms with E-state index in [1.54, 1.807) is 12.4 Å². The highest BCUT2D eigenvalue weighted by Crippen LogP contribution is 2.27. The topological polar surface area (TPSA) is 105 Å². The lowest BCUT2D eigenvalue weighted by Crippen LogP contribution is -2.58. The Kier molecular flexibility index (Phi) is 6.55. The number of nitrogens with zero attached hydrogens (tertiary/aromatic N) is 8. The van der Waals surface area contributed by atoms with Gasteiger partial charge in [-0.3, -0.25) is 9.69 Å². The molecule has 3 atom stereocenters. The molecule has 10 nitrogen and oxygen atoms in total. The molecule has 3 aromatic rings. The van der Waals surface area contributed by atoms with Gasteiger partial charge in [-0.15, -0.1) is 0 Å². The van der Waals surface area contributed by atoms with Crippen LogP contribution in [0, 0.1) is 6.92 Å². The van der Waals surface area contributed by atoms with Crippen LogP contribution < -0.4 is 5.32 Å². The van der Waals surface area contributed by atoms with Gasteiger partial charge in [-0.2, -0.15) is 0 Å². The molecule has 4 rings (SSSR count). The molecule has 1 aliphatic rings. The lowest BCUT2D eigenvalue weighted by atomic mass is 10.1. The van der Waals surface area contributed by atoms with Crippen molar-refractivity contribution in [3.8, 4) is 11.4 Å². The number of piperazine rings is 1. The molecular formula is C23H33N9O. The number of hydrogen-bond acceptors (Lipinski definition) is 8. The highest BCUT2D eigenvalue weighted by molar-refractivity contribution is 5.90. The molecule has 1 saturated heterocycles. The number of aromatic nitrogens is 6. The summed E-state index contributed by atoms with van der Waals surface area (Å²) in [6.07, 6.45) is 5.70. The predicted octanol–water partition coefficient (Wildman–Crippen LogP) is 2.35. The first-order chi connectivity index (χ1) is 15.8. The smallest absolute Gasteiger partial charge is 0.245 e. The number of hydrogen-bond donors (Lipinski definition) is 1. The van der Waals surface area contributed by atoms with E-state index < -0.39 is 0 Å². The van der Waals surface area contributed by atoms with E-state index in [-0.39, 0.29) is 11.9 Å². The monoisotopic (exact) mass is 451 g/mol. The summed E-state index contributed by atoms with van der Waals surface area (Å²) in [7, 11) is 2.12. The quantitative estimate of drug-likeness (QED) is 0.609. The second-order valence-corrected chi connectivity index (χ2v) is 8.81. The molecule has 176 valence electrons. The number of rotatable bonds is 6. The van der Waals surface area contributed by atoms with Crippen LogP contribution in [0.1, 0.15) is 39.9 Å². The molecular weight excluding hydrogens is 418 g/mol. The minimum Gasteiger partial charge on any atom is -0.356 e. The van der Waals surface area contributed by atoms with Crippen LogP contribution in [0.5, 0.6) is 0 Å². The fourth-order valence-corrected chi connectivity index (χ4v) is 4.38. The van der Waals surface area contributed by atoms with Gasteiger partial charge in [0.05, 0.1) is 5.56 Å². The zero-order chi connectivity index (χ0) is 23.7. The van der Waals surface area contributed by atoms with Gasteiger partial charge in [0.1, 0.15) is 24.0 Å². The summed E-state index contributed by atoms with van der Waals surface area (Å²) < 4.78 is 2.02. The average Bonchev–Trinajstić information content (AvgIpc) is 3.20. The van der Waals surface area contributed by atoms with E-state index >= 15 is 0 Å². The fourth-order valence-electron chi connectivity index (χ4n) is 4.38. The molecule has 0 aromatic carbocycles. The minimum absolute atomic E-state index is 0.0955. The molecule has 3 aromatic heterocycles. The van der Waals surface area contributed by atoms with Gasteiger partial charge in [-0.1, -0.05) is 6.92 Å². The van der Waals surface area contributed by atoms with Crippen molar-refractivity contribution in [1.82, 2.24) is 39.3 Å². The largest absolute Gasteiger partial charge is 0.356 e. The Morgan fingerprint density at radius 3 is 2.39 bits per heavy atom. The minimum atomic E-state index is -0.385. The molecule has 1 amide bonds. The number of fused-ring (bicyclic) bond motifs is 1. The lowest BCUT2D eigenvalue weighted by molar-refractivity contribution is -0.136. The molecule has 0 saturated carbocycles. The summed E-state index contributed by atoms with van der Waals surface area (Å²) in [6, 6.07) is 0.254. The van der Waals surface area contributed by atoms with E-state index in [2.05, 4.69) is 51.0 Å². The summed E-state index contributed by atoms with van der Waals surface area (Å²) in [5.74, 6) is 2.10. The van der Waals surface area contributed by atoms with E-state index in [1.165, 1.54) is 6.33 Å². The Hall–Kier alpha value is -3.14. The Morgan fingerprint density at radius 2 is 1.79 bits per heavy atom. The van der Waals surface area contributed by atoms with Gasteiger partial charge in [0.15, 0.2) is 17.0 Å². The van der Waals surface area contributed by atoms with Crippen molar-refractivity contribution in [3.63, 3.8) is 0 Å². The van der Waals surface area contributed by atoms with Gasteiger partial charge in [-0.25, -0.2) is 24.9 Å². The standard InChI is InChI=1S/C23H33N9O/c1-7-18(23(33)31-11-14(3)30(6)15(4)12-31)28-20-19-22(27-13-26-20)32(8-2)21(29-19)17-9-24-16(5)25-10-17/h9-10,13-15,18H,7-8,11-12H2,1-6H3,(H,26,27,28)/t14-,15+,18-/m0/s1. The van der Waals surface area contributed by atoms with E-state index in [0.717, 1.165) is 30.1 Å². The number of aryl methyl sites for hydroxylation is 2. The maximum absolute atomic E-state index is 13.4. The van der Waals surface area contributed by atoms with Gasteiger partial charge < -0.3 is 14.8 Å². The van der Waals surface area contributed by atoms with Crippen LogP contribution >= 0.6 is 0 Å². The maximum atomic E-state index is 13.4. The van der Waals surface area contributed by atoms with Crippen molar-refractivity contribution in [2.45, 2.75) is 65.7 Å². The Morgan fingerprint density at radius 1 is 1.12 bits per heavy atom. The number of anilines is 1. The molecule has 10 heteroatoms. The molecule has 33 heavy (non-hydrogen) atoms. The lowest BCUT2D eigenvalue weighted by Gasteiger charge is -2.43. The van der Waals surface area contributed by atoms with E-state index in [0.29, 0.717) is 42.2 Å². The summed E-state index contributed by atoms with van der Waals surface area (Å²) in [5, 5.41) is 3.37. The molecule has 0 radical (unpaired) electrons. The summed E-state index contributed by atoms with van der Waals surface area (Å²) in [4.78, 5) is 40.1. The highest BCUT2D eigenvalue weighted by Gasteiger charge is 2.32. The third kappa shape index (κ3) is 4.39. The van der Waals surface area contributed by atoms with Gasteiger partial charge in [0.2, 0.25) is 5.91 Å². The highest BCUT2D eigenvalue weighted by atomic mass is 16.2. The van der Waals surface area contributed by atoms with Gasteiger partial charge in [-0.05, 0) is 41.2 Å². The van der Waals surface area contributed by atoms with Crippen molar-refractivity contribution >= 4 is 22.9 Å². The van der Waals surface area contributed by atoms with Crippen LogP contribution in [-0.2, 0) is 11.3 Å². The first kappa shape index (κ1) is 23.0. The number of imidazole rings is 1. The van der Waals surface area contributed by atoms with Gasteiger partial charge in [0, 0.05) is 44.1 Å². The number of amides is 1. The molecule has 0 unspecified atom stereocenters. The first-order valence-electron chi connectivity index (χ1n) is 11.6. The second-order valence-electron chi connectivity index (χ2n) is 8.81. The van der Waals surface area contributed by atoms with Crippen LogP contribution in [0.15, 0.2) is 18.7 Å². The van der Waals surface area contributed by atoms with Crippen LogP contribution in [0.3, 0.4) is 0 Å². The Bertz CT molecular complexity index is 1110. The van der Waals surface area contributed by atoms with E-state index in [9.17, 15) is 4.79 Å². The number of carbonyl (C=O) groups excluding carboxylic acids is 1. The van der Waals surface area contributed by atoms with E-state index in [4.69, 9.17) is 4.98 Å². The molecule has 4 heterocycles. The SMILES string of the molecule is CC[C@H](Nc1ncnc2c1nc(-c1cnc(C)nc1)n2CC)C(=O)N1C[C@@H](C)N(C)[C@@H](C)C1. The number of likely N-dealkylation sites (N-methyl/N-ethyl adjacent to an activating group) is 1. The third-order valence-electron chi connectivity index (χ3n) is 6.58. The first-order valence-corrected chi connectivity index (χ1v) is 11.6. The van der Waals surface area contributed by atoms with Crippen molar-refractivity contribution in [2.75, 3.05) is 25.5 Å². The van der Waals surface area contributed by atoms with Gasteiger partial charge in [0.25, 0.3) is 0 Å². The van der Waals surface area contributed by atoms with Crippen molar-refractivity contribution in [2.24, 2.45) is 0 Å². The maximum Gasteiger partial charge on any atom is 0.245 e. The summed E-state index contributed by atoms with van der Waals surface area (Å²) in [6.45, 7) is 12.4. The molecule has 0 aliphatic carbocycles. The number of nitrogens with one attached hydrogen (secondary N) is 1.